The van der Waals surface area contributed by atoms with E-state index in [-0.39, 0.29) is 23.9 Å². The molecule has 2 heterocycles. The minimum atomic E-state index is -0.346. The van der Waals surface area contributed by atoms with Gasteiger partial charge in [0.1, 0.15) is 5.82 Å². The molecular weight excluding hydrogens is 363 g/mol. The highest BCUT2D eigenvalue weighted by atomic mass is 19.1. The number of carbonyl (C=O) groups excluding carboxylic acids is 2. The Morgan fingerprint density at radius 3 is 2.71 bits per heavy atom. The van der Waals surface area contributed by atoms with Gasteiger partial charge in [0.05, 0.1) is 24.1 Å². The molecule has 0 saturated carbocycles. The van der Waals surface area contributed by atoms with E-state index >= 15 is 0 Å². The van der Waals surface area contributed by atoms with Gasteiger partial charge in [0.25, 0.3) is 5.91 Å². The minimum Gasteiger partial charge on any atom is -0.450 e. The number of nitrogens with zero attached hydrogens (tertiary/aromatic N) is 2. The van der Waals surface area contributed by atoms with E-state index in [4.69, 9.17) is 4.74 Å². The molecule has 0 aliphatic carbocycles. The van der Waals surface area contributed by atoms with E-state index in [1.165, 1.54) is 18.3 Å². The number of benzene rings is 1. The highest BCUT2D eigenvalue weighted by Gasteiger charge is 2.24. The van der Waals surface area contributed by atoms with Gasteiger partial charge in [-0.1, -0.05) is 6.07 Å². The van der Waals surface area contributed by atoms with Gasteiger partial charge in [-0.15, -0.1) is 0 Å². The number of hydrogen-bond donors (Lipinski definition) is 2. The molecule has 8 heteroatoms. The lowest BCUT2D eigenvalue weighted by atomic mass is 10.0. The van der Waals surface area contributed by atoms with Gasteiger partial charge in [-0.05, 0) is 44.0 Å². The number of carbonyl (C=O) groups is 2. The molecule has 0 radical (unpaired) electrons. The Balaban J connectivity index is 1.56. The number of pyridine rings is 1. The van der Waals surface area contributed by atoms with Gasteiger partial charge < -0.3 is 20.3 Å². The first-order valence-electron chi connectivity index (χ1n) is 9.25. The van der Waals surface area contributed by atoms with E-state index in [1.54, 1.807) is 36.2 Å². The van der Waals surface area contributed by atoms with Crippen molar-refractivity contribution in [1.29, 1.82) is 0 Å². The summed E-state index contributed by atoms with van der Waals surface area (Å²) in [5.41, 5.74) is 1.58. The molecule has 0 bridgehead atoms. The lowest BCUT2D eigenvalue weighted by molar-refractivity contribution is 0.0860. The van der Waals surface area contributed by atoms with E-state index in [0.29, 0.717) is 49.5 Å². The maximum absolute atomic E-state index is 13.3. The largest absolute Gasteiger partial charge is 0.450 e. The predicted octanol–water partition coefficient (Wildman–Crippen LogP) is 3.32. The summed E-state index contributed by atoms with van der Waals surface area (Å²) in [5.74, 6) is -0.578. The Labute approximate surface area is 162 Å². The quantitative estimate of drug-likeness (QED) is 0.824. The van der Waals surface area contributed by atoms with Crippen LogP contribution in [0.5, 0.6) is 0 Å². The summed E-state index contributed by atoms with van der Waals surface area (Å²) in [7, 11) is 0. The van der Waals surface area contributed by atoms with Crippen LogP contribution in [0.2, 0.25) is 0 Å². The van der Waals surface area contributed by atoms with Crippen molar-refractivity contribution in [2.24, 2.45) is 0 Å². The molecule has 0 spiro atoms. The maximum Gasteiger partial charge on any atom is 0.409 e. The number of rotatable bonds is 5. The number of likely N-dealkylation sites (tertiary alicyclic amines) is 1. The predicted molar refractivity (Wildman–Crippen MR) is 103 cm³/mol. The molecule has 0 unspecified atom stereocenters. The van der Waals surface area contributed by atoms with Crippen LogP contribution in [0.1, 0.15) is 30.1 Å². The van der Waals surface area contributed by atoms with Crippen LogP contribution in [0.15, 0.2) is 42.7 Å². The number of anilines is 2. The lowest BCUT2D eigenvalue weighted by Gasteiger charge is -2.31. The fraction of sp³-hybridized carbons (Fsp3) is 0.350. The summed E-state index contributed by atoms with van der Waals surface area (Å²) in [6.45, 7) is 3.21. The van der Waals surface area contributed by atoms with E-state index < -0.39 is 0 Å². The molecule has 148 valence electrons. The molecule has 1 aliphatic heterocycles. The number of halogens is 1. The van der Waals surface area contributed by atoms with Gasteiger partial charge in [0, 0.05) is 31.0 Å². The number of aromatic nitrogens is 1. The normalized spacial score (nSPS) is 14.4. The minimum absolute atomic E-state index is 0.0157. The fourth-order valence-corrected chi connectivity index (χ4v) is 3.06. The van der Waals surface area contributed by atoms with E-state index in [9.17, 15) is 14.0 Å². The zero-order valence-electron chi connectivity index (χ0n) is 15.7. The first kappa shape index (κ1) is 19.6. The van der Waals surface area contributed by atoms with Crippen LogP contribution >= 0.6 is 0 Å². The zero-order chi connectivity index (χ0) is 19.9. The maximum atomic E-state index is 13.3. The summed E-state index contributed by atoms with van der Waals surface area (Å²) < 4.78 is 18.3. The van der Waals surface area contributed by atoms with Crippen molar-refractivity contribution < 1.29 is 18.7 Å². The van der Waals surface area contributed by atoms with Crippen molar-refractivity contribution in [3.8, 4) is 0 Å². The summed E-state index contributed by atoms with van der Waals surface area (Å²) in [6, 6.07) is 7.71. The molecule has 1 aromatic heterocycles. The Kier molecular flexibility index (Phi) is 6.41. The topological polar surface area (TPSA) is 83.6 Å². The van der Waals surface area contributed by atoms with Crippen LogP contribution in [-0.4, -0.2) is 47.6 Å². The summed E-state index contributed by atoms with van der Waals surface area (Å²) >= 11 is 0. The van der Waals surface area contributed by atoms with E-state index in [1.807, 2.05) is 0 Å². The number of ether oxygens (including phenoxy) is 1. The van der Waals surface area contributed by atoms with Crippen LogP contribution < -0.4 is 10.6 Å². The summed E-state index contributed by atoms with van der Waals surface area (Å²) in [6.07, 6.45) is 4.07. The van der Waals surface area contributed by atoms with Gasteiger partial charge in [-0.2, -0.15) is 0 Å². The van der Waals surface area contributed by atoms with Gasteiger partial charge in [-0.3, -0.25) is 9.78 Å². The van der Waals surface area contributed by atoms with Crippen molar-refractivity contribution in [2.75, 3.05) is 25.0 Å². The highest BCUT2D eigenvalue weighted by Crippen LogP contribution is 2.18. The molecule has 1 saturated heterocycles. The monoisotopic (exact) mass is 386 g/mol. The Bertz CT molecular complexity index is 838. The smallest absolute Gasteiger partial charge is 0.409 e. The molecule has 3 rings (SSSR count). The lowest BCUT2D eigenvalue weighted by Crippen LogP contribution is -2.46. The number of hydrogen-bond acceptors (Lipinski definition) is 5. The highest BCUT2D eigenvalue weighted by molar-refractivity contribution is 5.95. The van der Waals surface area contributed by atoms with Crippen molar-refractivity contribution in [3.05, 3.63) is 54.1 Å². The van der Waals surface area contributed by atoms with Crippen LogP contribution in [-0.2, 0) is 4.74 Å². The third-order valence-corrected chi connectivity index (χ3v) is 4.47. The standard InChI is InChI=1S/C20H23FN4O3/c1-2-28-20(27)25-8-6-16(7-9-25)24-19(26)14-10-18(13-22-12-14)23-17-5-3-4-15(21)11-17/h3-5,10-13,16,23H,2,6-9H2,1H3,(H,24,26). The Hall–Kier alpha value is -3.16. The molecule has 2 amide bonds. The first-order chi connectivity index (χ1) is 13.5. The number of piperidine rings is 1. The SMILES string of the molecule is CCOC(=O)N1CCC(NC(=O)c2cncc(Nc3cccc(F)c3)c2)CC1. The molecule has 2 N–H and O–H groups in total. The summed E-state index contributed by atoms with van der Waals surface area (Å²) in [5, 5.41) is 6.01. The van der Waals surface area contributed by atoms with Gasteiger partial charge in [0.2, 0.25) is 0 Å². The average molecular weight is 386 g/mol. The third kappa shape index (κ3) is 5.18. The molecule has 0 atom stereocenters. The molecular formula is C20H23FN4O3. The second-order valence-electron chi connectivity index (χ2n) is 6.53. The average Bonchev–Trinajstić information content (AvgIpc) is 2.69. The molecule has 7 nitrogen and oxygen atoms in total. The second-order valence-corrected chi connectivity index (χ2v) is 6.53. The van der Waals surface area contributed by atoms with Crippen molar-refractivity contribution in [2.45, 2.75) is 25.8 Å². The fourth-order valence-electron chi connectivity index (χ4n) is 3.06. The Morgan fingerprint density at radius 2 is 2.00 bits per heavy atom. The zero-order valence-corrected chi connectivity index (χ0v) is 15.7. The molecule has 1 fully saturated rings. The van der Waals surface area contributed by atoms with Crippen LogP contribution in [0.4, 0.5) is 20.6 Å². The summed E-state index contributed by atoms with van der Waals surface area (Å²) in [4.78, 5) is 30.0. The van der Waals surface area contributed by atoms with Crippen molar-refractivity contribution in [3.63, 3.8) is 0 Å². The van der Waals surface area contributed by atoms with Crippen LogP contribution in [0, 0.1) is 5.82 Å². The first-order valence-corrected chi connectivity index (χ1v) is 9.25. The number of amides is 2. The number of nitrogens with one attached hydrogen (secondary N) is 2. The molecule has 28 heavy (non-hydrogen) atoms. The van der Waals surface area contributed by atoms with Crippen molar-refractivity contribution in [1.82, 2.24) is 15.2 Å². The van der Waals surface area contributed by atoms with Crippen molar-refractivity contribution >= 4 is 23.4 Å². The second kappa shape index (κ2) is 9.16. The van der Waals surface area contributed by atoms with Gasteiger partial charge in [0.15, 0.2) is 0 Å². The van der Waals surface area contributed by atoms with Crippen LogP contribution in [0.25, 0.3) is 0 Å². The van der Waals surface area contributed by atoms with E-state index in [2.05, 4.69) is 15.6 Å². The molecule has 2 aromatic rings. The Morgan fingerprint density at radius 1 is 1.21 bits per heavy atom. The van der Waals surface area contributed by atoms with Gasteiger partial charge >= 0.3 is 6.09 Å². The molecule has 1 aromatic carbocycles. The van der Waals surface area contributed by atoms with Crippen LogP contribution in [0.3, 0.4) is 0 Å². The van der Waals surface area contributed by atoms with E-state index in [0.717, 1.165) is 0 Å². The molecule has 1 aliphatic rings. The van der Waals surface area contributed by atoms with Gasteiger partial charge in [-0.25, -0.2) is 9.18 Å². The third-order valence-electron chi connectivity index (χ3n) is 4.47.